The first-order valence-corrected chi connectivity index (χ1v) is 6.51. The Bertz CT molecular complexity index is 358. The molecular weight excluding hydrogens is 232 g/mol. The molecule has 0 aliphatic carbocycles. The minimum absolute atomic E-state index is 0.0423. The van der Waals surface area contributed by atoms with Gasteiger partial charge >= 0.3 is 0 Å². The molecule has 2 saturated heterocycles. The van der Waals surface area contributed by atoms with Gasteiger partial charge in [-0.05, 0) is 26.7 Å². The molecule has 0 aromatic rings. The quantitative estimate of drug-likeness (QED) is 0.697. The summed E-state index contributed by atoms with van der Waals surface area (Å²) in [7, 11) is 0. The molecule has 0 spiro atoms. The summed E-state index contributed by atoms with van der Waals surface area (Å²) < 4.78 is 10.8. The van der Waals surface area contributed by atoms with Crippen LogP contribution in [0.25, 0.3) is 0 Å². The Labute approximate surface area is 108 Å². The molecule has 2 rings (SSSR count). The molecule has 100 valence electrons. The number of hydrogen-bond acceptors (Lipinski definition) is 4. The van der Waals surface area contributed by atoms with E-state index in [1.54, 1.807) is 0 Å². The van der Waals surface area contributed by atoms with Crippen molar-refractivity contribution < 1.29 is 14.3 Å². The third-order valence-electron chi connectivity index (χ3n) is 3.84. The number of nitrogens with zero attached hydrogens (tertiary/aromatic N) is 2. The standard InChI is InChI=1S/C13H20N2O3/c1-10-8-18-11(2)7-15(10)12(16)13(9-14)3-5-17-6-4-13/h10-11H,3-8H2,1-2H3. The number of morpholine rings is 1. The van der Waals surface area contributed by atoms with Gasteiger partial charge in [-0.25, -0.2) is 0 Å². The fraction of sp³-hybridized carbons (Fsp3) is 0.846. The molecule has 0 radical (unpaired) electrons. The summed E-state index contributed by atoms with van der Waals surface area (Å²) in [5.41, 5.74) is -0.885. The van der Waals surface area contributed by atoms with Gasteiger partial charge in [-0.15, -0.1) is 0 Å². The second-order valence-electron chi connectivity index (χ2n) is 5.26. The van der Waals surface area contributed by atoms with Crippen LogP contribution in [0, 0.1) is 16.7 Å². The van der Waals surface area contributed by atoms with Crippen molar-refractivity contribution in [2.45, 2.75) is 38.8 Å². The molecule has 2 aliphatic rings. The Kier molecular flexibility index (Phi) is 3.88. The molecule has 2 unspecified atom stereocenters. The highest BCUT2D eigenvalue weighted by Gasteiger charge is 2.45. The molecule has 2 fully saturated rings. The average molecular weight is 252 g/mol. The zero-order valence-corrected chi connectivity index (χ0v) is 11.0. The first kappa shape index (κ1) is 13.3. The number of hydrogen-bond donors (Lipinski definition) is 0. The van der Waals surface area contributed by atoms with E-state index >= 15 is 0 Å². The van der Waals surface area contributed by atoms with Crippen molar-refractivity contribution in [2.24, 2.45) is 5.41 Å². The second kappa shape index (κ2) is 5.25. The lowest BCUT2D eigenvalue weighted by molar-refractivity contribution is -0.155. The highest BCUT2D eigenvalue weighted by Crippen LogP contribution is 2.33. The van der Waals surface area contributed by atoms with Crippen molar-refractivity contribution in [2.75, 3.05) is 26.4 Å². The fourth-order valence-corrected chi connectivity index (χ4v) is 2.55. The van der Waals surface area contributed by atoms with E-state index in [0.717, 1.165) is 0 Å². The predicted molar refractivity (Wildman–Crippen MR) is 64.7 cm³/mol. The number of ether oxygens (including phenoxy) is 2. The maximum Gasteiger partial charge on any atom is 0.243 e. The lowest BCUT2D eigenvalue weighted by Gasteiger charge is -2.41. The molecule has 2 aliphatic heterocycles. The third-order valence-corrected chi connectivity index (χ3v) is 3.84. The van der Waals surface area contributed by atoms with Crippen molar-refractivity contribution in [1.82, 2.24) is 4.90 Å². The van der Waals surface area contributed by atoms with Crippen molar-refractivity contribution in [3.05, 3.63) is 0 Å². The molecular formula is C13H20N2O3. The van der Waals surface area contributed by atoms with Crippen LogP contribution in [0.2, 0.25) is 0 Å². The van der Waals surface area contributed by atoms with E-state index in [4.69, 9.17) is 9.47 Å². The van der Waals surface area contributed by atoms with E-state index in [9.17, 15) is 10.1 Å². The smallest absolute Gasteiger partial charge is 0.243 e. The molecule has 5 nitrogen and oxygen atoms in total. The summed E-state index contributed by atoms with van der Waals surface area (Å²) in [6, 6.07) is 2.28. The second-order valence-corrected chi connectivity index (χ2v) is 5.26. The maximum atomic E-state index is 12.7. The molecule has 0 aromatic heterocycles. The van der Waals surface area contributed by atoms with E-state index in [-0.39, 0.29) is 18.1 Å². The number of rotatable bonds is 1. The van der Waals surface area contributed by atoms with Gasteiger partial charge in [0.1, 0.15) is 5.41 Å². The highest BCUT2D eigenvalue weighted by atomic mass is 16.5. The lowest BCUT2D eigenvalue weighted by Crippen LogP contribution is -2.55. The van der Waals surface area contributed by atoms with Gasteiger partial charge in [-0.1, -0.05) is 0 Å². The Hall–Kier alpha value is -1.12. The van der Waals surface area contributed by atoms with Crippen LogP contribution in [0.5, 0.6) is 0 Å². The number of carbonyl (C=O) groups excluding carboxylic acids is 1. The van der Waals surface area contributed by atoms with Crippen LogP contribution in [0.4, 0.5) is 0 Å². The van der Waals surface area contributed by atoms with Crippen LogP contribution >= 0.6 is 0 Å². The lowest BCUT2D eigenvalue weighted by atomic mass is 9.80. The molecule has 0 aromatic carbocycles. The Balaban J connectivity index is 2.15. The van der Waals surface area contributed by atoms with E-state index in [0.29, 0.717) is 39.2 Å². The van der Waals surface area contributed by atoms with Crippen LogP contribution in [0.3, 0.4) is 0 Å². The Morgan fingerprint density at radius 3 is 2.67 bits per heavy atom. The summed E-state index contributed by atoms with van der Waals surface area (Å²) in [6.07, 6.45) is 1.04. The average Bonchev–Trinajstić information content (AvgIpc) is 2.41. The molecule has 1 amide bonds. The van der Waals surface area contributed by atoms with Gasteiger partial charge in [0, 0.05) is 19.8 Å². The van der Waals surface area contributed by atoms with Gasteiger partial charge in [0.2, 0.25) is 5.91 Å². The van der Waals surface area contributed by atoms with Crippen LogP contribution in [-0.2, 0) is 14.3 Å². The first-order valence-electron chi connectivity index (χ1n) is 6.51. The molecule has 5 heteroatoms. The number of carbonyl (C=O) groups is 1. The van der Waals surface area contributed by atoms with E-state index in [2.05, 4.69) is 6.07 Å². The predicted octanol–water partition coefficient (Wildman–Crippen LogP) is 0.943. The molecule has 2 atom stereocenters. The third kappa shape index (κ3) is 2.36. The minimum atomic E-state index is -0.885. The van der Waals surface area contributed by atoms with Crippen molar-refractivity contribution >= 4 is 5.91 Å². The topological polar surface area (TPSA) is 62.6 Å². The molecule has 18 heavy (non-hydrogen) atoms. The molecule has 0 saturated carbocycles. The SMILES string of the molecule is CC1CN(C(=O)C2(C#N)CCOCC2)C(C)CO1. The zero-order valence-electron chi connectivity index (χ0n) is 11.0. The Morgan fingerprint density at radius 1 is 1.39 bits per heavy atom. The van der Waals surface area contributed by atoms with E-state index < -0.39 is 5.41 Å². The normalized spacial score (nSPS) is 31.7. The molecule has 0 bridgehead atoms. The number of amides is 1. The summed E-state index contributed by atoms with van der Waals surface area (Å²) >= 11 is 0. The van der Waals surface area contributed by atoms with Gasteiger partial charge in [0.25, 0.3) is 0 Å². The van der Waals surface area contributed by atoms with Gasteiger partial charge in [-0.3, -0.25) is 4.79 Å². The van der Waals surface area contributed by atoms with Gasteiger partial charge in [0.05, 0.1) is 24.8 Å². The van der Waals surface area contributed by atoms with Crippen LogP contribution in [0.1, 0.15) is 26.7 Å². The van der Waals surface area contributed by atoms with E-state index in [1.807, 2.05) is 18.7 Å². The van der Waals surface area contributed by atoms with Crippen LogP contribution < -0.4 is 0 Å². The highest BCUT2D eigenvalue weighted by molar-refractivity contribution is 5.86. The minimum Gasteiger partial charge on any atom is -0.381 e. The monoisotopic (exact) mass is 252 g/mol. The largest absolute Gasteiger partial charge is 0.381 e. The van der Waals surface area contributed by atoms with Gasteiger partial charge in [-0.2, -0.15) is 5.26 Å². The van der Waals surface area contributed by atoms with Crippen LogP contribution in [-0.4, -0.2) is 49.3 Å². The number of nitriles is 1. The van der Waals surface area contributed by atoms with Gasteiger partial charge in [0.15, 0.2) is 0 Å². The zero-order chi connectivity index (χ0) is 13.2. The fourth-order valence-electron chi connectivity index (χ4n) is 2.55. The first-order chi connectivity index (χ1) is 8.59. The Morgan fingerprint density at radius 2 is 2.06 bits per heavy atom. The van der Waals surface area contributed by atoms with Gasteiger partial charge < -0.3 is 14.4 Å². The summed E-state index contributed by atoms with van der Waals surface area (Å²) in [5.74, 6) is -0.0454. The molecule has 2 heterocycles. The van der Waals surface area contributed by atoms with Crippen LogP contribution in [0.15, 0.2) is 0 Å². The maximum absolute atomic E-state index is 12.7. The van der Waals surface area contributed by atoms with Crippen molar-refractivity contribution in [3.63, 3.8) is 0 Å². The summed E-state index contributed by atoms with van der Waals surface area (Å²) in [5, 5.41) is 9.41. The van der Waals surface area contributed by atoms with E-state index in [1.165, 1.54) is 0 Å². The van der Waals surface area contributed by atoms with Crippen molar-refractivity contribution in [1.29, 1.82) is 5.26 Å². The van der Waals surface area contributed by atoms with Crippen molar-refractivity contribution in [3.8, 4) is 6.07 Å². The summed E-state index contributed by atoms with van der Waals surface area (Å²) in [6.45, 7) is 6.03. The summed E-state index contributed by atoms with van der Waals surface area (Å²) in [4.78, 5) is 14.5. The molecule has 0 N–H and O–H groups in total.